The Morgan fingerprint density at radius 2 is 1.90 bits per heavy atom. The van der Waals surface area contributed by atoms with Crippen molar-refractivity contribution in [1.29, 1.82) is 0 Å². The minimum atomic E-state index is -0.318. The fourth-order valence-corrected chi connectivity index (χ4v) is 4.59. The van der Waals surface area contributed by atoms with E-state index in [0.29, 0.717) is 0 Å². The van der Waals surface area contributed by atoms with Crippen molar-refractivity contribution in [3.63, 3.8) is 0 Å². The molecule has 0 amide bonds. The summed E-state index contributed by atoms with van der Waals surface area (Å²) in [7, 11) is 1.66. The lowest BCUT2D eigenvalue weighted by Crippen LogP contribution is -2.33. The number of benzene rings is 3. The molecule has 0 N–H and O–H groups in total. The number of hydrazone groups is 1. The summed E-state index contributed by atoms with van der Waals surface area (Å²) >= 11 is 9.65. The molecule has 2 atom stereocenters. The summed E-state index contributed by atoms with van der Waals surface area (Å²) in [5, 5.41) is 7.77. The molecule has 3 aromatic carbocycles. The smallest absolute Gasteiger partial charge is 0.213 e. The summed E-state index contributed by atoms with van der Waals surface area (Å²) in [4.78, 5) is 0. The molecule has 0 saturated heterocycles. The van der Waals surface area contributed by atoms with Crippen molar-refractivity contribution in [2.75, 3.05) is 7.11 Å². The molecule has 2 unspecified atom stereocenters. The molecular weight excluding hydrogens is 452 g/mol. The first-order valence-electron chi connectivity index (χ1n) is 9.35. The second-order valence-electron chi connectivity index (χ2n) is 7.06. The van der Waals surface area contributed by atoms with Gasteiger partial charge in [0.05, 0.1) is 23.3 Å². The van der Waals surface area contributed by atoms with Gasteiger partial charge in [0.1, 0.15) is 11.5 Å². The van der Waals surface area contributed by atoms with Crippen LogP contribution >= 0.6 is 27.5 Å². The second-order valence-corrected chi connectivity index (χ2v) is 8.35. The third kappa shape index (κ3) is 3.28. The van der Waals surface area contributed by atoms with Gasteiger partial charge in [0, 0.05) is 22.6 Å². The highest BCUT2D eigenvalue weighted by Crippen LogP contribution is 2.48. The van der Waals surface area contributed by atoms with Gasteiger partial charge in [0.15, 0.2) is 0 Å². The van der Waals surface area contributed by atoms with Crippen molar-refractivity contribution in [1.82, 2.24) is 5.01 Å². The molecule has 29 heavy (non-hydrogen) atoms. The molecule has 0 aromatic heterocycles. The second kappa shape index (κ2) is 7.39. The Labute approximate surface area is 182 Å². The molecule has 6 heteroatoms. The highest BCUT2D eigenvalue weighted by Gasteiger charge is 2.40. The Morgan fingerprint density at radius 1 is 1.10 bits per heavy atom. The van der Waals surface area contributed by atoms with E-state index in [1.54, 1.807) is 7.11 Å². The highest BCUT2D eigenvalue weighted by atomic mass is 79.9. The number of fused-ring (bicyclic) bond motifs is 3. The van der Waals surface area contributed by atoms with Crippen molar-refractivity contribution in [3.05, 3.63) is 92.9 Å². The van der Waals surface area contributed by atoms with Gasteiger partial charge in [-0.3, -0.25) is 0 Å². The summed E-state index contributed by atoms with van der Waals surface area (Å²) in [5.41, 5.74) is 4.28. The number of hydrogen-bond acceptors (Lipinski definition) is 4. The van der Waals surface area contributed by atoms with E-state index >= 15 is 0 Å². The standard InChI is InChI=1S/C23H18BrClN2O2/c1-28-22-11-8-15(12-18(22)24)23-27-20(17-4-2-3-5-21(17)29-23)13-19(26-27)14-6-9-16(25)10-7-14/h2-12,20,23H,13H2,1H3. The summed E-state index contributed by atoms with van der Waals surface area (Å²) in [6.45, 7) is 0. The van der Waals surface area contributed by atoms with E-state index in [1.807, 2.05) is 60.7 Å². The van der Waals surface area contributed by atoms with E-state index in [2.05, 4.69) is 27.0 Å². The van der Waals surface area contributed by atoms with Gasteiger partial charge >= 0.3 is 0 Å². The molecule has 0 spiro atoms. The van der Waals surface area contributed by atoms with E-state index in [9.17, 15) is 0 Å². The number of methoxy groups -OCH3 is 1. The SMILES string of the molecule is COc1ccc(C2Oc3ccccc3C3CC(c4ccc(Cl)cc4)=NN32)cc1Br. The van der Waals surface area contributed by atoms with Crippen LogP contribution < -0.4 is 9.47 Å². The largest absolute Gasteiger partial charge is 0.496 e. The Morgan fingerprint density at radius 3 is 2.66 bits per heavy atom. The number of nitrogens with zero attached hydrogens (tertiary/aromatic N) is 2. The van der Waals surface area contributed by atoms with Gasteiger partial charge in [0.2, 0.25) is 6.23 Å². The first-order chi connectivity index (χ1) is 14.1. The molecule has 2 aliphatic rings. The molecule has 3 aromatic rings. The van der Waals surface area contributed by atoms with Crippen LogP contribution in [0.25, 0.3) is 0 Å². The number of para-hydroxylation sites is 1. The minimum Gasteiger partial charge on any atom is -0.496 e. The van der Waals surface area contributed by atoms with Gasteiger partial charge < -0.3 is 9.47 Å². The van der Waals surface area contributed by atoms with Gasteiger partial charge in [-0.1, -0.05) is 41.9 Å². The topological polar surface area (TPSA) is 34.1 Å². The average molecular weight is 470 g/mol. The molecule has 5 rings (SSSR count). The lowest BCUT2D eigenvalue weighted by molar-refractivity contribution is -0.0190. The Bertz CT molecular complexity index is 1100. The monoisotopic (exact) mass is 468 g/mol. The fraction of sp³-hybridized carbons (Fsp3) is 0.174. The van der Waals surface area contributed by atoms with Crippen LogP contribution in [0.2, 0.25) is 5.02 Å². The van der Waals surface area contributed by atoms with E-state index in [1.165, 1.54) is 0 Å². The van der Waals surface area contributed by atoms with Gasteiger partial charge in [0.25, 0.3) is 0 Å². The maximum Gasteiger partial charge on any atom is 0.213 e. The lowest BCUT2D eigenvalue weighted by Gasteiger charge is -2.38. The van der Waals surface area contributed by atoms with Gasteiger partial charge in [-0.25, -0.2) is 5.01 Å². The van der Waals surface area contributed by atoms with Gasteiger partial charge in [-0.05, 0) is 57.9 Å². The van der Waals surface area contributed by atoms with E-state index in [4.69, 9.17) is 26.2 Å². The summed E-state index contributed by atoms with van der Waals surface area (Å²) in [6, 6.07) is 22.2. The maximum absolute atomic E-state index is 6.40. The zero-order chi connectivity index (χ0) is 20.0. The van der Waals surface area contributed by atoms with Crippen LogP contribution in [0.15, 0.2) is 76.3 Å². The fourth-order valence-electron chi connectivity index (χ4n) is 3.91. The highest BCUT2D eigenvalue weighted by molar-refractivity contribution is 9.10. The van der Waals surface area contributed by atoms with Crippen LogP contribution in [-0.4, -0.2) is 17.8 Å². The summed E-state index contributed by atoms with van der Waals surface area (Å²) in [5.74, 6) is 1.69. The molecule has 2 heterocycles. The number of ether oxygens (including phenoxy) is 2. The number of hydrogen-bond donors (Lipinski definition) is 0. The van der Waals surface area contributed by atoms with Crippen molar-refractivity contribution in [3.8, 4) is 11.5 Å². The van der Waals surface area contributed by atoms with Crippen LogP contribution in [0.3, 0.4) is 0 Å². The summed E-state index contributed by atoms with van der Waals surface area (Å²) in [6.07, 6.45) is 0.498. The third-order valence-electron chi connectivity index (χ3n) is 5.34. The molecule has 0 bridgehead atoms. The van der Waals surface area contributed by atoms with Crippen LogP contribution in [0.1, 0.15) is 35.4 Å². The van der Waals surface area contributed by atoms with E-state index < -0.39 is 0 Å². The van der Waals surface area contributed by atoms with Crippen molar-refractivity contribution in [2.24, 2.45) is 5.10 Å². The number of halogens is 2. The molecule has 146 valence electrons. The molecule has 0 fully saturated rings. The van der Waals surface area contributed by atoms with E-state index in [0.717, 1.165) is 49.8 Å². The molecule has 0 aliphatic carbocycles. The quantitative estimate of drug-likeness (QED) is 0.448. The maximum atomic E-state index is 6.40. The van der Waals surface area contributed by atoms with E-state index in [-0.39, 0.29) is 12.3 Å². The zero-order valence-electron chi connectivity index (χ0n) is 15.7. The Hall–Kier alpha value is -2.50. The van der Waals surface area contributed by atoms with Crippen molar-refractivity contribution >= 4 is 33.2 Å². The lowest BCUT2D eigenvalue weighted by atomic mass is 9.96. The Balaban J connectivity index is 1.58. The van der Waals surface area contributed by atoms with Gasteiger partial charge in [-0.15, -0.1) is 0 Å². The normalized spacial score (nSPS) is 19.8. The van der Waals surface area contributed by atoms with Crippen LogP contribution in [-0.2, 0) is 0 Å². The molecular formula is C23H18BrClN2O2. The molecule has 4 nitrogen and oxygen atoms in total. The predicted molar refractivity (Wildman–Crippen MR) is 118 cm³/mol. The number of rotatable bonds is 3. The minimum absolute atomic E-state index is 0.122. The molecule has 2 aliphatic heterocycles. The summed E-state index contributed by atoms with van der Waals surface area (Å²) < 4.78 is 12.7. The molecule has 0 radical (unpaired) electrons. The predicted octanol–water partition coefficient (Wildman–Crippen LogP) is 6.35. The average Bonchev–Trinajstić information content (AvgIpc) is 3.19. The zero-order valence-corrected chi connectivity index (χ0v) is 18.0. The van der Waals surface area contributed by atoms with Crippen LogP contribution in [0, 0.1) is 0 Å². The third-order valence-corrected chi connectivity index (χ3v) is 6.21. The van der Waals surface area contributed by atoms with Crippen LogP contribution in [0.4, 0.5) is 0 Å². The Kier molecular flexibility index (Phi) is 4.72. The first kappa shape index (κ1) is 18.5. The van der Waals surface area contributed by atoms with Crippen molar-refractivity contribution < 1.29 is 9.47 Å². The first-order valence-corrected chi connectivity index (χ1v) is 10.5. The van der Waals surface area contributed by atoms with Crippen LogP contribution in [0.5, 0.6) is 11.5 Å². The molecule has 0 saturated carbocycles. The van der Waals surface area contributed by atoms with Gasteiger partial charge in [-0.2, -0.15) is 5.10 Å². The van der Waals surface area contributed by atoms with Crippen molar-refractivity contribution in [2.45, 2.75) is 18.7 Å².